The second kappa shape index (κ2) is 4.18. The summed E-state index contributed by atoms with van der Waals surface area (Å²) in [5.74, 6) is 0.585. The highest BCUT2D eigenvalue weighted by atomic mass is 79.9. The third-order valence-electron chi connectivity index (χ3n) is 2.44. The average Bonchev–Trinajstić information content (AvgIpc) is 2.58. The van der Waals surface area contributed by atoms with Crippen LogP contribution in [-0.2, 0) is 0 Å². The predicted octanol–water partition coefficient (Wildman–Crippen LogP) is 2.10. The summed E-state index contributed by atoms with van der Waals surface area (Å²) in [5, 5.41) is 13.2. The standard InChI is InChI=1S/C11H10BrN5/c1-6-11(12)7(2)17(16-6)10-4-3-8(14)9(5-13)15-10/h3-4H,14H2,1-2H3. The number of aryl methyl sites for hydroxylation is 1. The van der Waals surface area contributed by atoms with Gasteiger partial charge in [-0.15, -0.1) is 0 Å². The largest absolute Gasteiger partial charge is 0.396 e. The first-order valence-electron chi connectivity index (χ1n) is 4.93. The second-order valence-corrected chi connectivity index (χ2v) is 4.41. The highest BCUT2D eigenvalue weighted by Gasteiger charge is 2.12. The molecular weight excluding hydrogens is 282 g/mol. The highest BCUT2D eigenvalue weighted by Crippen LogP contribution is 2.22. The maximum absolute atomic E-state index is 8.89. The van der Waals surface area contributed by atoms with Gasteiger partial charge in [-0.05, 0) is 41.9 Å². The highest BCUT2D eigenvalue weighted by molar-refractivity contribution is 9.10. The van der Waals surface area contributed by atoms with Crippen molar-refractivity contribution in [2.75, 3.05) is 5.73 Å². The number of rotatable bonds is 1. The lowest BCUT2D eigenvalue weighted by Gasteiger charge is -2.04. The van der Waals surface area contributed by atoms with E-state index in [9.17, 15) is 0 Å². The number of nitriles is 1. The van der Waals surface area contributed by atoms with Gasteiger partial charge in [-0.1, -0.05) is 0 Å². The number of halogens is 1. The van der Waals surface area contributed by atoms with E-state index in [1.165, 1.54) is 0 Å². The van der Waals surface area contributed by atoms with Gasteiger partial charge < -0.3 is 5.73 Å². The summed E-state index contributed by atoms with van der Waals surface area (Å²) >= 11 is 3.45. The molecule has 86 valence electrons. The first kappa shape index (κ1) is 11.6. The lowest BCUT2D eigenvalue weighted by molar-refractivity contribution is 0.804. The zero-order chi connectivity index (χ0) is 12.6. The van der Waals surface area contributed by atoms with Crippen LogP contribution >= 0.6 is 15.9 Å². The minimum Gasteiger partial charge on any atom is -0.396 e. The summed E-state index contributed by atoms with van der Waals surface area (Å²) in [4.78, 5) is 4.17. The van der Waals surface area contributed by atoms with Crippen LogP contribution in [0.5, 0.6) is 0 Å². The number of nitrogens with zero attached hydrogens (tertiary/aromatic N) is 4. The van der Waals surface area contributed by atoms with Crippen LogP contribution in [0.1, 0.15) is 17.1 Å². The molecule has 0 bridgehead atoms. The predicted molar refractivity (Wildman–Crippen MR) is 67.7 cm³/mol. The Morgan fingerprint density at radius 1 is 1.41 bits per heavy atom. The molecule has 2 aromatic heterocycles. The number of nitrogens with two attached hydrogens (primary N) is 1. The molecule has 0 radical (unpaired) electrons. The van der Waals surface area contributed by atoms with Crippen molar-refractivity contribution in [3.63, 3.8) is 0 Å². The van der Waals surface area contributed by atoms with Crippen LogP contribution in [0.2, 0.25) is 0 Å². The Bertz CT molecular complexity index is 624. The van der Waals surface area contributed by atoms with Crippen LogP contribution in [0.3, 0.4) is 0 Å². The summed E-state index contributed by atoms with van der Waals surface area (Å²) in [5.41, 5.74) is 8.02. The topological polar surface area (TPSA) is 80.5 Å². The van der Waals surface area contributed by atoms with E-state index in [1.54, 1.807) is 16.8 Å². The van der Waals surface area contributed by atoms with Crippen molar-refractivity contribution in [3.05, 3.63) is 33.7 Å². The SMILES string of the molecule is Cc1nn(-c2ccc(N)c(C#N)n2)c(C)c1Br. The summed E-state index contributed by atoms with van der Waals surface area (Å²) in [6.45, 7) is 3.82. The van der Waals surface area contributed by atoms with Gasteiger partial charge in [0.15, 0.2) is 11.5 Å². The van der Waals surface area contributed by atoms with Gasteiger partial charge in [0.1, 0.15) is 6.07 Å². The summed E-state index contributed by atoms with van der Waals surface area (Å²) in [7, 11) is 0. The lowest BCUT2D eigenvalue weighted by Crippen LogP contribution is -2.04. The molecule has 0 saturated heterocycles. The van der Waals surface area contributed by atoms with Crippen molar-refractivity contribution in [2.24, 2.45) is 0 Å². The Morgan fingerprint density at radius 2 is 2.12 bits per heavy atom. The second-order valence-electron chi connectivity index (χ2n) is 3.62. The Balaban J connectivity index is 2.62. The maximum Gasteiger partial charge on any atom is 0.165 e. The summed E-state index contributed by atoms with van der Waals surface area (Å²) in [6.07, 6.45) is 0. The number of hydrogen-bond acceptors (Lipinski definition) is 4. The van der Waals surface area contributed by atoms with Crippen LogP contribution in [0.25, 0.3) is 5.82 Å². The van der Waals surface area contributed by atoms with Gasteiger partial charge in [-0.25, -0.2) is 9.67 Å². The molecule has 0 saturated carbocycles. The fraction of sp³-hybridized carbons (Fsp3) is 0.182. The Labute approximate surface area is 107 Å². The molecular formula is C11H10BrN5. The molecule has 2 heterocycles. The van der Waals surface area contributed by atoms with Gasteiger partial charge in [0.25, 0.3) is 0 Å². The van der Waals surface area contributed by atoms with Gasteiger partial charge in [-0.3, -0.25) is 0 Å². The van der Waals surface area contributed by atoms with Gasteiger partial charge in [-0.2, -0.15) is 10.4 Å². The van der Waals surface area contributed by atoms with Crippen molar-refractivity contribution in [1.29, 1.82) is 5.26 Å². The van der Waals surface area contributed by atoms with E-state index < -0.39 is 0 Å². The molecule has 0 aliphatic heterocycles. The van der Waals surface area contributed by atoms with Crippen LogP contribution < -0.4 is 5.73 Å². The molecule has 2 rings (SSSR count). The molecule has 0 fully saturated rings. The van der Waals surface area contributed by atoms with Crippen LogP contribution in [0, 0.1) is 25.2 Å². The zero-order valence-corrected chi connectivity index (χ0v) is 11.0. The Kier molecular flexibility index (Phi) is 2.86. The summed E-state index contributed by atoms with van der Waals surface area (Å²) in [6, 6.07) is 5.35. The van der Waals surface area contributed by atoms with Crippen molar-refractivity contribution in [3.8, 4) is 11.9 Å². The molecule has 0 spiro atoms. The van der Waals surface area contributed by atoms with Gasteiger partial charge in [0.2, 0.25) is 0 Å². The van der Waals surface area contributed by atoms with Crippen molar-refractivity contribution >= 4 is 21.6 Å². The third-order valence-corrected chi connectivity index (χ3v) is 3.59. The van der Waals surface area contributed by atoms with Gasteiger partial charge >= 0.3 is 0 Å². The van der Waals surface area contributed by atoms with Gasteiger partial charge in [0, 0.05) is 0 Å². The molecule has 0 aliphatic carbocycles. The number of hydrogen-bond donors (Lipinski definition) is 1. The minimum absolute atomic E-state index is 0.214. The Morgan fingerprint density at radius 3 is 2.65 bits per heavy atom. The molecule has 6 heteroatoms. The molecule has 17 heavy (non-hydrogen) atoms. The van der Waals surface area contributed by atoms with E-state index in [2.05, 4.69) is 26.0 Å². The molecule has 0 atom stereocenters. The van der Waals surface area contributed by atoms with Crippen LogP contribution in [0.4, 0.5) is 5.69 Å². The number of anilines is 1. The Hall–Kier alpha value is -1.87. The monoisotopic (exact) mass is 291 g/mol. The van der Waals surface area contributed by atoms with Crippen LogP contribution in [-0.4, -0.2) is 14.8 Å². The van der Waals surface area contributed by atoms with E-state index in [0.717, 1.165) is 15.9 Å². The molecule has 0 aromatic carbocycles. The molecule has 2 aromatic rings. The van der Waals surface area contributed by atoms with Crippen molar-refractivity contribution in [1.82, 2.24) is 14.8 Å². The van der Waals surface area contributed by atoms with Crippen LogP contribution in [0.15, 0.2) is 16.6 Å². The normalized spacial score (nSPS) is 10.2. The van der Waals surface area contributed by atoms with Crippen molar-refractivity contribution < 1.29 is 0 Å². The van der Waals surface area contributed by atoms with E-state index in [0.29, 0.717) is 11.5 Å². The molecule has 0 amide bonds. The molecule has 0 unspecified atom stereocenters. The van der Waals surface area contributed by atoms with E-state index in [4.69, 9.17) is 11.0 Å². The third kappa shape index (κ3) is 1.89. The zero-order valence-electron chi connectivity index (χ0n) is 9.40. The first-order chi connectivity index (χ1) is 8.04. The lowest BCUT2D eigenvalue weighted by atomic mass is 10.3. The fourth-order valence-corrected chi connectivity index (χ4v) is 1.76. The average molecular weight is 292 g/mol. The number of aromatic nitrogens is 3. The van der Waals surface area contributed by atoms with E-state index in [-0.39, 0.29) is 5.69 Å². The smallest absolute Gasteiger partial charge is 0.165 e. The molecule has 2 N–H and O–H groups in total. The fourth-order valence-electron chi connectivity index (χ4n) is 1.51. The first-order valence-corrected chi connectivity index (χ1v) is 5.72. The van der Waals surface area contributed by atoms with E-state index in [1.807, 2.05) is 19.9 Å². The number of nitrogen functional groups attached to an aromatic ring is 1. The van der Waals surface area contributed by atoms with Gasteiger partial charge in [0.05, 0.1) is 21.5 Å². The molecule has 5 nitrogen and oxygen atoms in total. The minimum atomic E-state index is 0.214. The van der Waals surface area contributed by atoms with E-state index >= 15 is 0 Å². The number of pyridine rings is 1. The molecule has 0 aliphatic rings. The maximum atomic E-state index is 8.89. The quantitative estimate of drug-likeness (QED) is 0.872. The summed E-state index contributed by atoms with van der Waals surface area (Å²) < 4.78 is 2.62. The van der Waals surface area contributed by atoms with Crippen molar-refractivity contribution in [2.45, 2.75) is 13.8 Å².